The highest BCUT2D eigenvalue weighted by atomic mass is 32.2. The number of fused-ring (bicyclic) bond motifs is 1. The van der Waals surface area contributed by atoms with Gasteiger partial charge in [-0.2, -0.15) is 0 Å². The van der Waals surface area contributed by atoms with E-state index in [2.05, 4.69) is 14.7 Å². The molecule has 0 unspecified atom stereocenters. The molecule has 1 N–H and O–H groups in total. The number of nitrogens with zero attached hydrogens (tertiary/aromatic N) is 2. The van der Waals surface area contributed by atoms with Gasteiger partial charge in [0.1, 0.15) is 10.7 Å². The molecule has 0 atom stereocenters. The summed E-state index contributed by atoms with van der Waals surface area (Å²) < 4.78 is 38.0. The molecule has 1 aliphatic heterocycles. The third kappa shape index (κ3) is 2.59. The van der Waals surface area contributed by atoms with Crippen LogP contribution in [0.4, 0.5) is 5.69 Å². The van der Waals surface area contributed by atoms with Crippen LogP contribution < -0.4 is 14.2 Å². The number of ether oxygens (including phenoxy) is 2. The quantitative estimate of drug-likeness (QED) is 0.923. The van der Waals surface area contributed by atoms with Crippen LogP contribution in [0.25, 0.3) is 0 Å². The van der Waals surface area contributed by atoms with E-state index >= 15 is 0 Å². The van der Waals surface area contributed by atoms with Crippen molar-refractivity contribution in [3.8, 4) is 11.5 Å². The van der Waals surface area contributed by atoms with E-state index in [1.54, 1.807) is 12.1 Å². The molecule has 0 spiro atoms. The Balaban J connectivity index is 1.59. The molecule has 0 amide bonds. The maximum Gasteiger partial charge on any atom is 0.265 e. The van der Waals surface area contributed by atoms with Crippen LogP contribution in [0.1, 0.15) is 31.0 Å². The molecular formula is C15H15N3O4S. The number of nitrogens with one attached hydrogen (secondary N) is 1. The topological polar surface area (TPSA) is 90.4 Å². The van der Waals surface area contributed by atoms with Crippen LogP contribution in [-0.4, -0.2) is 25.2 Å². The number of benzene rings is 1. The van der Waals surface area contributed by atoms with E-state index in [0.717, 1.165) is 18.7 Å². The van der Waals surface area contributed by atoms with Gasteiger partial charge in [-0.05, 0) is 25.0 Å². The third-order valence-electron chi connectivity index (χ3n) is 4.04. The van der Waals surface area contributed by atoms with Crippen molar-refractivity contribution >= 4 is 15.7 Å². The highest BCUT2D eigenvalue weighted by Crippen LogP contribution is 2.38. The maximum absolute atomic E-state index is 12.5. The summed E-state index contributed by atoms with van der Waals surface area (Å²) >= 11 is 0. The molecule has 1 aromatic carbocycles. The van der Waals surface area contributed by atoms with Crippen LogP contribution in [0.3, 0.4) is 0 Å². The Kier molecular flexibility index (Phi) is 3.33. The fourth-order valence-corrected chi connectivity index (χ4v) is 3.78. The summed E-state index contributed by atoms with van der Waals surface area (Å²) in [6.07, 6.45) is 6.39. The lowest BCUT2D eigenvalue weighted by Gasteiger charge is -2.23. The number of hydrogen-bond acceptors (Lipinski definition) is 6. The number of para-hydroxylation sites is 1. The van der Waals surface area contributed by atoms with Gasteiger partial charge in [0.15, 0.2) is 11.5 Å². The summed E-state index contributed by atoms with van der Waals surface area (Å²) in [6.45, 7) is 0.0149. The first-order chi connectivity index (χ1) is 11.1. The van der Waals surface area contributed by atoms with E-state index in [9.17, 15) is 8.42 Å². The van der Waals surface area contributed by atoms with E-state index in [1.165, 1.54) is 24.9 Å². The number of sulfonamides is 1. The molecule has 2 aliphatic rings. The maximum atomic E-state index is 12.5. The van der Waals surface area contributed by atoms with Gasteiger partial charge >= 0.3 is 0 Å². The third-order valence-corrected chi connectivity index (χ3v) is 5.45. The van der Waals surface area contributed by atoms with Gasteiger partial charge in [0.2, 0.25) is 6.79 Å². The van der Waals surface area contributed by atoms with Gasteiger partial charge in [-0.3, -0.25) is 4.72 Å². The largest absolute Gasteiger partial charge is 0.454 e. The first kappa shape index (κ1) is 14.3. The van der Waals surface area contributed by atoms with Gasteiger partial charge in [-0.1, -0.05) is 12.5 Å². The highest BCUT2D eigenvalue weighted by molar-refractivity contribution is 7.92. The van der Waals surface area contributed by atoms with Crippen LogP contribution in [0.15, 0.2) is 35.5 Å². The standard InChI is InChI=1S/C15H15N3O4S/c19-23(20,13-6-2-5-12-14(13)22-9-21-12)18-11-7-16-15(17-8-11)10-3-1-4-10/h2,5-8,10,18H,1,3-4,9H2. The first-order valence-electron chi connectivity index (χ1n) is 7.37. The Bertz CT molecular complexity index is 832. The molecule has 1 aliphatic carbocycles. The van der Waals surface area contributed by atoms with Crippen molar-refractivity contribution in [2.75, 3.05) is 11.5 Å². The van der Waals surface area contributed by atoms with Crippen molar-refractivity contribution in [2.45, 2.75) is 30.1 Å². The SMILES string of the molecule is O=S(=O)(Nc1cnc(C2CCC2)nc1)c1cccc2c1OCO2. The van der Waals surface area contributed by atoms with Crippen LogP contribution in [-0.2, 0) is 10.0 Å². The Morgan fingerprint density at radius 1 is 1.13 bits per heavy atom. The van der Waals surface area contributed by atoms with Crippen molar-refractivity contribution in [2.24, 2.45) is 0 Å². The fraction of sp³-hybridized carbons (Fsp3) is 0.333. The summed E-state index contributed by atoms with van der Waals surface area (Å²) in [7, 11) is -3.80. The van der Waals surface area contributed by atoms with Crippen LogP contribution in [0.2, 0.25) is 0 Å². The molecule has 0 saturated heterocycles. The molecule has 1 aromatic heterocycles. The Labute approximate surface area is 133 Å². The first-order valence-corrected chi connectivity index (χ1v) is 8.85. The number of hydrogen-bond donors (Lipinski definition) is 1. The smallest absolute Gasteiger partial charge is 0.265 e. The predicted molar refractivity (Wildman–Crippen MR) is 82.0 cm³/mol. The lowest BCUT2D eigenvalue weighted by molar-refractivity contribution is 0.172. The fourth-order valence-electron chi connectivity index (χ4n) is 2.59. The summed E-state index contributed by atoms with van der Waals surface area (Å²) in [5, 5.41) is 0. The molecule has 2 heterocycles. The molecular weight excluding hydrogens is 318 g/mol. The van der Waals surface area contributed by atoms with E-state index in [4.69, 9.17) is 9.47 Å². The predicted octanol–water partition coefficient (Wildman–Crippen LogP) is 2.27. The van der Waals surface area contributed by atoms with Crippen LogP contribution >= 0.6 is 0 Å². The molecule has 0 radical (unpaired) electrons. The Hall–Kier alpha value is -2.35. The minimum absolute atomic E-state index is 0.0149. The van der Waals surface area contributed by atoms with Gasteiger partial charge in [-0.25, -0.2) is 18.4 Å². The normalized spacial score (nSPS) is 16.9. The number of anilines is 1. The molecule has 120 valence electrons. The minimum Gasteiger partial charge on any atom is -0.454 e. The zero-order valence-electron chi connectivity index (χ0n) is 12.2. The van der Waals surface area contributed by atoms with E-state index in [-0.39, 0.29) is 17.4 Å². The molecule has 8 heteroatoms. The van der Waals surface area contributed by atoms with E-state index in [1.807, 2.05) is 0 Å². The number of rotatable bonds is 4. The van der Waals surface area contributed by atoms with Crippen molar-refractivity contribution in [3.05, 3.63) is 36.4 Å². The molecule has 1 fully saturated rings. The highest BCUT2D eigenvalue weighted by Gasteiger charge is 2.27. The van der Waals surface area contributed by atoms with Gasteiger partial charge in [-0.15, -0.1) is 0 Å². The minimum atomic E-state index is -3.80. The van der Waals surface area contributed by atoms with E-state index < -0.39 is 10.0 Å². The van der Waals surface area contributed by atoms with Gasteiger partial charge < -0.3 is 9.47 Å². The lowest BCUT2D eigenvalue weighted by Crippen LogP contribution is -2.16. The monoisotopic (exact) mass is 333 g/mol. The van der Waals surface area contributed by atoms with Crippen molar-refractivity contribution in [1.82, 2.24) is 9.97 Å². The zero-order chi connectivity index (χ0) is 15.9. The average Bonchev–Trinajstić information content (AvgIpc) is 2.95. The van der Waals surface area contributed by atoms with Crippen molar-refractivity contribution < 1.29 is 17.9 Å². The molecule has 1 saturated carbocycles. The molecule has 4 rings (SSSR count). The summed E-state index contributed by atoms with van der Waals surface area (Å²) in [6, 6.07) is 4.75. The second-order valence-corrected chi connectivity index (χ2v) is 7.20. The molecule has 0 bridgehead atoms. The zero-order valence-corrected chi connectivity index (χ0v) is 13.0. The molecule has 7 nitrogen and oxygen atoms in total. The summed E-state index contributed by atoms with van der Waals surface area (Å²) in [5.41, 5.74) is 0.324. The second-order valence-electron chi connectivity index (χ2n) is 5.55. The average molecular weight is 333 g/mol. The van der Waals surface area contributed by atoms with E-state index in [0.29, 0.717) is 17.4 Å². The Morgan fingerprint density at radius 2 is 1.91 bits per heavy atom. The van der Waals surface area contributed by atoms with Crippen molar-refractivity contribution in [3.63, 3.8) is 0 Å². The second kappa shape index (κ2) is 5.38. The number of aromatic nitrogens is 2. The van der Waals surface area contributed by atoms with Gasteiger partial charge in [0.25, 0.3) is 10.0 Å². The summed E-state index contributed by atoms with van der Waals surface area (Å²) in [5.74, 6) is 1.83. The Morgan fingerprint density at radius 3 is 2.61 bits per heavy atom. The van der Waals surface area contributed by atoms with Crippen molar-refractivity contribution in [1.29, 1.82) is 0 Å². The molecule has 2 aromatic rings. The summed E-state index contributed by atoms with van der Waals surface area (Å²) in [4.78, 5) is 8.55. The van der Waals surface area contributed by atoms with Gasteiger partial charge in [0.05, 0.1) is 18.1 Å². The van der Waals surface area contributed by atoms with Crippen LogP contribution in [0.5, 0.6) is 11.5 Å². The van der Waals surface area contributed by atoms with Gasteiger partial charge in [0, 0.05) is 5.92 Å². The lowest BCUT2D eigenvalue weighted by atomic mass is 9.85. The van der Waals surface area contributed by atoms with Crippen LogP contribution in [0, 0.1) is 0 Å². The molecule has 23 heavy (non-hydrogen) atoms.